The Labute approximate surface area is 116 Å². The molecule has 5 heteroatoms. The van der Waals surface area contributed by atoms with Gasteiger partial charge in [0.25, 0.3) is 0 Å². The monoisotopic (exact) mass is 280 g/mol. The Kier molecular flexibility index (Phi) is 4.63. The highest BCUT2D eigenvalue weighted by Crippen LogP contribution is 2.31. The molecule has 0 atom stereocenters. The van der Waals surface area contributed by atoms with E-state index >= 15 is 0 Å². The van der Waals surface area contributed by atoms with Crippen LogP contribution in [-0.4, -0.2) is 19.1 Å². The second-order valence-electron chi connectivity index (χ2n) is 4.31. The van der Waals surface area contributed by atoms with Crippen molar-refractivity contribution in [1.82, 2.24) is 10.3 Å². The molecule has 0 unspecified atom stereocenters. The molecule has 0 aliphatic rings. The van der Waals surface area contributed by atoms with Crippen LogP contribution < -0.4 is 5.32 Å². The highest BCUT2D eigenvalue weighted by atomic mass is 32.1. The maximum atomic E-state index is 13.1. The number of thiazole rings is 1. The van der Waals surface area contributed by atoms with E-state index in [4.69, 9.17) is 4.74 Å². The maximum absolute atomic E-state index is 13.1. The number of aromatic nitrogens is 1. The van der Waals surface area contributed by atoms with Crippen molar-refractivity contribution in [3.05, 3.63) is 40.2 Å². The number of hydrogen-bond acceptors (Lipinski definition) is 4. The first kappa shape index (κ1) is 14.1. The fourth-order valence-electron chi connectivity index (χ4n) is 1.91. The zero-order valence-electron chi connectivity index (χ0n) is 11.3. The molecule has 2 aromatic rings. The van der Waals surface area contributed by atoms with E-state index in [2.05, 4.69) is 10.3 Å². The maximum Gasteiger partial charge on any atom is 0.124 e. The third kappa shape index (κ3) is 3.18. The van der Waals surface area contributed by atoms with Crippen molar-refractivity contribution in [2.24, 2.45) is 0 Å². The Balaban J connectivity index is 2.41. The third-order valence-electron chi connectivity index (χ3n) is 2.82. The fraction of sp³-hybridized carbons (Fsp3) is 0.357. The number of halogens is 1. The average Bonchev–Trinajstić information content (AvgIpc) is 2.73. The van der Waals surface area contributed by atoms with Crippen molar-refractivity contribution >= 4 is 11.3 Å². The Morgan fingerprint density at radius 2 is 2.21 bits per heavy atom. The SMILES string of the molecule is CNCc1sc(-c2ccc(F)cc2C)nc1COC. The van der Waals surface area contributed by atoms with Crippen LogP contribution in [0.25, 0.3) is 10.6 Å². The standard InChI is InChI=1S/C14H17FN2OS/c1-9-6-10(15)4-5-11(9)14-17-12(8-18-3)13(19-14)7-16-2/h4-6,16H,7-8H2,1-3H3. The number of hydrogen-bond donors (Lipinski definition) is 1. The first-order chi connectivity index (χ1) is 9.15. The van der Waals surface area contributed by atoms with Crippen LogP contribution in [0.3, 0.4) is 0 Å². The molecule has 0 saturated carbocycles. The molecule has 0 saturated heterocycles. The van der Waals surface area contributed by atoms with Crippen LogP contribution in [0.1, 0.15) is 16.1 Å². The van der Waals surface area contributed by atoms with Crippen molar-refractivity contribution in [3.63, 3.8) is 0 Å². The Morgan fingerprint density at radius 3 is 2.84 bits per heavy atom. The van der Waals surface area contributed by atoms with Crippen molar-refractivity contribution in [2.45, 2.75) is 20.1 Å². The molecule has 1 aromatic heterocycles. The van der Waals surface area contributed by atoms with Crippen LogP contribution in [0.2, 0.25) is 0 Å². The van der Waals surface area contributed by atoms with Crippen molar-refractivity contribution in [2.75, 3.05) is 14.2 Å². The first-order valence-corrected chi connectivity index (χ1v) is 6.86. The van der Waals surface area contributed by atoms with Crippen LogP contribution in [0.15, 0.2) is 18.2 Å². The minimum absolute atomic E-state index is 0.217. The average molecular weight is 280 g/mol. The number of nitrogens with one attached hydrogen (secondary N) is 1. The van der Waals surface area contributed by atoms with Gasteiger partial charge in [-0.25, -0.2) is 9.37 Å². The summed E-state index contributed by atoms with van der Waals surface area (Å²) in [5.41, 5.74) is 2.82. The molecule has 0 spiro atoms. The summed E-state index contributed by atoms with van der Waals surface area (Å²) in [6.45, 7) is 3.15. The van der Waals surface area contributed by atoms with Crippen molar-refractivity contribution < 1.29 is 9.13 Å². The molecule has 1 aromatic carbocycles. The van der Waals surface area contributed by atoms with Gasteiger partial charge in [-0.3, -0.25) is 0 Å². The smallest absolute Gasteiger partial charge is 0.124 e. The van der Waals surface area contributed by atoms with Gasteiger partial charge in [0, 0.05) is 24.1 Å². The first-order valence-electron chi connectivity index (χ1n) is 6.04. The van der Waals surface area contributed by atoms with Gasteiger partial charge in [-0.2, -0.15) is 0 Å². The van der Waals surface area contributed by atoms with E-state index in [1.165, 1.54) is 12.1 Å². The lowest BCUT2D eigenvalue weighted by atomic mass is 10.1. The lowest BCUT2D eigenvalue weighted by molar-refractivity contribution is 0.181. The summed E-state index contributed by atoms with van der Waals surface area (Å²) in [5, 5.41) is 4.04. The molecule has 102 valence electrons. The van der Waals surface area contributed by atoms with E-state index < -0.39 is 0 Å². The van der Waals surface area contributed by atoms with Crippen LogP contribution >= 0.6 is 11.3 Å². The molecule has 0 aliphatic carbocycles. The molecule has 1 N–H and O–H groups in total. The number of methoxy groups -OCH3 is 1. The summed E-state index contributed by atoms with van der Waals surface area (Å²) in [6, 6.07) is 4.78. The molecule has 19 heavy (non-hydrogen) atoms. The van der Waals surface area contributed by atoms with Gasteiger partial charge in [-0.1, -0.05) is 0 Å². The summed E-state index contributed by atoms with van der Waals surface area (Å²) in [4.78, 5) is 5.77. The van der Waals surface area contributed by atoms with Gasteiger partial charge in [-0.05, 0) is 37.7 Å². The van der Waals surface area contributed by atoms with Gasteiger partial charge in [0.2, 0.25) is 0 Å². The summed E-state index contributed by atoms with van der Waals surface area (Å²) in [7, 11) is 3.56. The molecular formula is C14H17FN2OS. The number of aryl methyl sites for hydroxylation is 1. The number of benzene rings is 1. The zero-order chi connectivity index (χ0) is 13.8. The number of ether oxygens (including phenoxy) is 1. The number of nitrogens with zero attached hydrogens (tertiary/aromatic N) is 1. The van der Waals surface area contributed by atoms with Gasteiger partial charge in [0.1, 0.15) is 10.8 Å². The van der Waals surface area contributed by atoms with Crippen molar-refractivity contribution in [3.8, 4) is 10.6 Å². The third-order valence-corrected chi connectivity index (χ3v) is 3.95. The van der Waals surface area contributed by atoms with E-state index in [1.807, 2.05) is 14.0 Å². The molecule has 0 fully saturated rings. The zero-order valence-corrected chi connectivity index (χ0v) is 12.1. The van der Waals surface area contributed by atoms with E-state index in [0.717, 1.165) is 33.3 Å². The van der Waals surface area contributed by atoms with E-state index in [9.17, 15) is 4.39 Å². The summed E-state index contributed by atoms with van der Waals surface area (Å²) < 4.78 is 18.3. The summed E-state index contributed by atoms with van der Waals surface area (Å²) in [6.07, 6.45) is 0. The Morgan fingerprint density at radius 1 is 1.42 bits per heavy atom. The minimum atomic E-state index is -0.217. The van der Waals surface area contributed by atoms with E-state index in [1.54, 1.807) is 24.5 Å². The molecule has 3 nitrogen and oxygen atoms in total. The molecule has 0 bridgehead atoms. The summed E-state index contributed by atoms with van der Waals surface area (Å²) in [5.74, 6) is -0.217. The van der Waals surface area contributed by atoms with Crippen LogP contribution in [0.4, 0.5) is 4.39 Å². The molecule has 2 rings (SSSR count). The second-order valence-corrected chi connectivity index (χ2v) is 5.40. The van der Waals surface area contributed by atoms with Gasteiger partial charge >= 0.3 is 0 Å². The van der Waals surface area contributed by atoms with E-state index in [0.29, 0.717) is 6.61 Å². The summed E-state index contributed by atoms with van der Waals surface area (Å²) >= 11 is 1.62. The van der Waals surface area contributed by atoms with Gasteiger partial charge in [0.05, 0.1) is 12.3 Å². The highest BCUT2D eigenvalue weighted by Gasteiger charge is 2.13. The molecule has 0 amide bonds. The fourth-order valence-corrected chi connectivity index (χ4v) is 3.08. The van der Waals surface area contributed by atoms with Gasteiger partial charge in [0.15, 0.2) is 0 Å². The van der Waals surface area contributed by atoms with Gasteiger partial charge in [-0.15, -0.1) is 11.3 Å². The molecule has 0 radical (unpaired) electrons. The lowest BCUT2D eigenvalue weighted by Gasteiger charge is -2.01. The molecule has 1 heterocycles. The Bertz CT molecular complexity index is 545. The van der Waals surface area contributed by atoms with Gasteiger partial charge < -0.3 is 10.1 Å². The highest BCUT2D eigenvalue weighted by molar-refractivity contribution is 7.15. The Hall–Kier alpha value is -1.30. The number of rotatable bonds is 5. The normalized spacial score (nSPS) is 10.9. The molecule has 0 aliphatic heterocycles. The predicted octanol–water partition coefficient (Wildman–Crippen LogP) is 3.12. The van der Waals surface area contributed by atoms with Crippen LogP contribution in [0, 0.1) is 12.7 Å². The van der Waals surface area contributed by atoms with Crippen LogP contribution in [-0.2, 0) is 17.9 Å². The van der Waals surface area contributed by atoms with Crippen molar-refractivity contribution in [1.29, 1.82) is 0 Å². The van der Waals surface area contributed by atoms with E-state index in [-0.39, 0.29) is 5.82 Å². The lowest BCUT2D eigenvalue weighted by Crippen LogP contribution is -2.06. The largest absolute Gasteiger partial charge is 0.378 e. The minimum Gasteiger partial charge on any atom is -0.378 e. The predicted molar refractivity (Wildman–Crippen MR) is 75.7 cm³/mol. The topological polar surface area (TPSA) is 34.2 Å². The molecular weight excluding hydrogens is 263 g/mol. The quantitative estimate of drug-likeness (QED) is 0.913. The second kappa shape index (κ2) is 6.23. The van der Waals surface area contributed by atoms with Crippen LogP contribution in [0.5, 0.6) is 0 Å².